The summed E-state index contributed by atoms with van der Waals surface area (Å²) >= 11 is 2.21. The van der Waals surface area contributed by atoms with Gasteiger partial charge in [-0.15, -0.1) is 45.3 Å². The molecule has 0 atom stereocenters. The van der Waals surface area contributed by atoms with Gasteiger partial charge in [0, 0.05) is 71.1 Å². The van der Waals surface area contributed by atoms with Gasteiger partial charge < -0.3 is 0 Å². The van der Waals surface area contributed by atoms with Crippen LogP contribution in [0.1, 0.15) is 52.9 Å². The molecule has 0 amide bonds. The van der Waals surface area contributed by atoms with Crippen LogP contribution in [0.4, 0.5) is 87.8 Å². The molecular formula is C66H22F20N2S4. The molecular weight excluding hydrogens is 1330 g/mol. The smallest absolute Gasteiger partial charge is 0.200 e. The summed E-state index contributed by atoms with van der Waals surface area (Å²) in [4.78, 5) is 7.97. The second-order valence-corrected chi connectivity index (χ2v) is 24.2. The number of halogens is 20. The molecule has 7 heterocycles. The largest absolute Gasteiger partial charge is 0.248 e. The van der Waals surface area contributed by atoms with Crippen molar-refractivity contribution in [3.05, 3.63) is 332 Å². The lowest BCUT2D eigenvalue weighted by molar-refractivity contribution is 0.376. The number of allylic oxidation sites excluding steroid dienone is 4. The number of aliphatic imine (C=N–C) groups is 2. The number of hydrogen-bond acceptors (Lipinski definition) is 6. The van der Waals surface area contributed by atoms with Crippen molar-refractivity contribution in [1.82, 2.24) is 0 Å². The first-order chi connectivity index (χ1) is 44.0. The zero-order valence-electron chi connectivity index (χ0n) is 44.8. The van der Waals surface area contributed by atoms with E-state index in [1.54, 1.807) is 12.1 Å². The van der Waals surface area contributed by atoms with Gasteiger partial charge in [0.15, 0.2) is 93.1 Å². The van der Waals surface area contributed by atoms with Crippen LogP contribution in [0.3, 0.4) is 0 Å². The Labute approximate surface area is 517 Å². The minimum Gasteiger partial charge on any atom is -0.248 e. The number of nitrogens with zero attached hydrogens (tertiary/aromatic N) is 2. The van der Waals surface area contributed by atoms with Gasteiger partial charge in [-0.3, -0.25) is 0 Å². The Morgan fingerprint density at radius 1 is 0.207 bits per heavy atom. The Morgan fingerprint density at radius 3 is 0.707 bits per heavy atom. The summed E-state index contributed by atoms with van der Waals surface area (Å²) in [5, 5.41) is 0. The van der Waals surface area contributed by atoms with Crippen molar-refractivity contribution in [2.24, 2.45) is 9.98 Å². The highest BCUT2D eigenvalue weighted by Gasteiger charge is 2.37. The number of benzene rings is 6. The number of fused-ring (bicyclic) bond motifs is 10. The lowest BCUT2D eigenvalue weighted by Crippen LogP contribution is -2.16. The summed E-state index contributed by atoms with van der Waals surface area (Å²) in [6.07, 6.45) is 3.52. The maximum absolute atomic E-state index is 16.5. The van der Waals surface area contributed by atoms with Gasteiger partial charge in [0.05, 0.1) is 45.1 Å². The predicted octanol–water partition coefficient (Wildman–Crippen LogP) is 16.9. The second kappa shape index (κ2) is 23.3. The molecule has 12 bridgehead atoms. The van der Waals surface area contributed by atoms with Crippen LogP contribution in [0.5, 0.6) is 0 Å². The van der Waals surface area contributed by atoms with Crippen LogP contribution in [0, 0.1) is 116 Å². The number of rotatable bonds is 6. The third-order valence-electron chi connectivity index (χ3n) is 14.7. The highest BCUT2D eigenvalue weighted by atomic mass is 32.1. The van der Waals surface area contributed by atoms with Crippen LogP contribution in [-0.4, -0.2) is 11.4 Å². The normalized spacial score (nSPS) is 14.2. The van der Waals surface area contributed by atoms with Gasteiger partial charge in [-0.25, -0.2) is 97.8 Å². The zero-order chi connectivity index (χ0) is 65.2. The van der Waals surface area contributed by atoms with Crippen molar-refractivity contribution in [2.75, 3.05) is 0 Å². The van der Waals surface area contributed by atoms with E-state index in [9.17, 15) is 17.6 Å². The van der Waals surface area contributed by atoms with E-state index in [1.165, 1.54) is 72.8 Å². The van der Waals surface area contributed by atoms with Gasteiger partial charge in [-0.1, -0.05) is 60.7 Å². The maximum Gasteiger partial charge on any atom is 0.200 e. The first kappa shape index (κ1) is 61.4. The van der Waals surface area contributed by atoms with Gasteiger partial charge in [-0.2, -0.15) is 0 Å². The average molecular weight is 1350 g/mol. The molecule has 0 saturated heterocycles. The Bertz CT molecular complexity index is 4950. The fourth-order valence-corrected chi connectivity index (χ4v) is 15.3. The molecule has 2 nitrogen and oxygen atoms in total. The van der Waals surface area contributed by atoms with Gasteiger partial charge in [0.1, 0.15) is 0 Å². The van der Waals surface area contributed by atoms with Gasteiger partial charge in [0.2, 0.25) is 23.3 Å². The van der Waals surface area contributed by atoms with E-state index in [1.807, 2.05) is 0 Å². The van der Waals surface area contributed by atoms with E-state index in [4.69, 9.17) is 0 Å². The number of thiophene rings is 4. The Hall–Kier alpha value is -9.50. The molecule has 0 N–H and O–H groups in total. The summed E-state index contributed by atoms with van der Waals surface area (Å²) in [7, 11) is 0. The second-order valence-electron chi connectivity index (χ2n) is 19.8. The molecule has 3 aliphatic heterocycles. The van der Waals surface area contributed by atoms with Crippen molar-refractivity contribution in [1.29, 1.82) is 0 Å². The van der Waals surface area contributed by atoms with Gasteiger partial charge in [-0.05, 0) is 84.0 Å². The van der Waals surface area contributed by atoms with Crippen molar-refractivity contribution < 1.29 is 87.8 Å². The SMILES string of the molecule is Fc1c(F)c(F)c(C2=C3C=CC(=N3)C(c3c(F)c(F)c(F)c(F)c3F)=c3ccc(s3)=C(c3ccccc3)c3ccc(s3)C(c3c(F)c(F)c(F)c(F)c3F)=C3C=CC(=N3)C(c3c(F)c(F)c(F)c(F)c3F)=c3ccc(s3)=C(c3ccccc3)c3ccc2s3)c(F)c1F. The standard InChI is InChI=1S/C66H22F20N2S4/c67-47-43(48(68)56(76)63(83)55(47)75)39-25-11-13-27(87-25)41(45-51(71)59(79)65(85)60(80)52(45)72)35-21-17-31(91-35)38(24-9-5-2-6-10-24)32-18-22-36(92-32)42(46-53(73)61(81)66(86)62(82)54(46)74)28-14-12-26(88-28)40(44-49(69)57(77)64(84)58(78)50(44)70)34-20-16-30(90-34)37(23-7-3-1-4-8-23)29-15-19-33(39)89-29/h1-22H. The van der Waals surface area contributed by atoms with Crippen LogP contribution >= 0.6 is 45.3 Å². The number of hydrogen-bond donors (Lipinski definition) is 0. The van der Waals surface area contributed by atoms with Gasteiger partial charge in [0.25, 0.3) is 0 Å². The summed E-state index contributed by atoms with van der Waals surface area (Å²) in [5.41, 5.74) is -12.5. The molecule has 4 aromatic heterocycles. The zero-order valence-corrected chi connectivity index (χ0v) is 48.1. The Kier molecular flexibility index (Phi) is 15.6. The van der Waals surface area contributed by atoms with E-state index in [-0.39, 0.29) is 41.1 Å². The van der Waals surface area contributed by atoms with Crippen LogP contribution in [0.15, 0.2) is 155 Å². The highest BCUT2D eigenvalue weighted by molar-refractivity contribution is 7.15. The summed E-state index contributed by atoms with van der Waals surface area (Å²) in [6.45, 7) is 0. The van der Waals surface area contributed by atoms with E-state index in [0.717, 1.165) is 48.6 Å². The van der Waals surface area contributed by atoms with E-state index in [2.05, 4.69) is 9.98 Å². The van der Waals surface area contributed by atoms with Crippen molar-refractivity contribution in [3.63, 3.8) is 0 Å². The third kappa shape index (κ3) is 9.74. The lowest BCUT2D eigenvalue weighted by Gasteiger charge is -2.13. The molecule has 10 aromatic rings. The molecule has 26 heteroatoms. The molecule has 0 aliphatic carbocycles. The van der Waals surface area contributed by atoms with Crippen LogP contribution in [0.25, 0.3) is 33.4 Å². The average Bonchev–Trinajstić information content (AvgIpc) is 1.45. The Morgan fingerprint density at radius 2 is 0.435 bits per heavy atom. The minimum absolute atomic E-state index is 0.0105. The van der Waals surface area contributed by atoms with Crippen LogP contribution in [0.2, 0.25) is 0 Å². The topological polar surface area (TPSA) is 24.7 Å². The predicted molar refractivity (Wildman–Crippen MR) is 307 cm³/mol. The third-order valence-corrected chi connectivity index (χ3v) is 19.1. The van der Waals surface area contributed by atoms with Crippen LogP contribution < -0.4 is 18.1 Å². The van der Waals surface area contributed by atoms with Crippen molar-refractivity contribution >= 4 is 90.2 Å². The molecule has 0 spiro atoms. The molecule has 92 heavy (non-hydrogen) atoms. The Balaban J connectivity index is 1.23. The van der Waals surface area contributed by atoms with Crippen molar-refractivity contribution in [2.45, 2.75) is 0 Å². The summed E-state index contributed by atoms with van der Waals surface area (Å²) in [5.74, 6) is -49.4. The monoisotopic (exact) mass is 1350 g/mol. The molecule has 0 fully saturated rings. The molecule has 0 radical (unpaired) electrons. The molecule has 13 rings (SSSR count). The summed E-state index contributed by atoms with van der Waals surface area (Å²) in [6, 6.07) is 24.5. The quantitative estimate of drug-likeness (QED) is 0.0901. The molecule has 0 saturated carbocycles. The van der Waals surface area contributed by atoms with E-state index < -0.39 is 203 Å². The first-order valence-electron chi connectivity index (χ1n) is 26.1. The lowest BCUT2D eigenvalue weighted by atomic mass is 9.99. The fourth-order valence-electron chi connectivity index (χ4n) is 10.5. The fraction of sp³-hybridized carbons (Fsp3) is 0. The minimum atomic E-state index is -2.60. The summed E-state index contributed by atoms with van der Waals surface area (Å²) < 4.78 is 314. The molecule has 3 aliphatic rings. The molecule has 460 valence electrons. The van der Waals surface area contributed by atoms with E-state index in [0.29, 0.717) is 45.3 Å². The molecule has 6 aromatic carbocycles. The molecule has 0 unspecified atom stereocenters. The maximum atomic E-state index is 16.5. The first-order valence-corrected chi connectivity index (χ1v) is 29.4. The van der Waals surface area contributed by atoms with E-state index >= 15 is 70.2 Å². The van der Waals surface area contributed by atoms with Gasteiger partial charge >= 0.3 is 0 Å². The van der Waals surface area contributed by atoms with Crippen LogP contribution in [-0.2, 0) is 0 Å². The highest BCUT2D eigenvalue weighted by Crippen LogP contribution is 2.45. The van der Waals surface area contributed by atoms with Crippen molar-refractivity contribution in [3.8, 4) is 0 Å².